The van der Waals surface area contributed by atoms with Crippen LogP contribution in [0.4, 0.5) is 0 Å². The lowest BCUT2D eigenvalue weighted by Crippen LogP contribution is -2.46. The van der Waals surface area contributed by atoms with Crippen LogP contribution in [0.2, 0.25) is 0 Å². The number of hydrogen-bond donors (Lipinski definition) is 2. The van der Waals surface area contributed by atoms with Crippen molar-refractivity contribution in [1.82, 2.24) is 15.8 Å². The molecule has 0 unspecified atom stereocenters. The molecule has 1 aromatic heterocycles. The molecule has 0 fully saturated rings. The van der Waals surface area contributed by atoms with Gasteiger partial charge in [-0.1, -0.05) is 49.3 Å². The number of aromatic nitrogens is 1. The molecule has 0 spiro atoms. The molecule has 2 aromatic rings. The second-order valence-electron chi connectivity index (χ2n) is 5.71. The van der Waals surface area contributed by atoms with Gasteiger partial charge in [0, 0.05) is 18.7 Å². The maximum absolute atomic E-state index is 12.3. The van der Waals surface area contributed by atoms with E-state index in [1.807, 2.05) is 44.2 Å². The summed E-state index contributed by atoms with van der Waals surface area (Å²) in [7, 11) is 1.55. The van der Waals surface area contributed by atoms with Crippen LogP contribution in [0.3, 0.4) is 0 Å². The van der Waals surface area contributed by atoms with Gasteiger partial charge in [-0.05, 0) is 12.3 Å². The molecule has 0 bridgehead atoms. The zero-order chi connectivity index (χ0) is 16.8. The minimum atomic E-state index is -0.593. The normalized spacial score (nSPS) is 12.0. The van der Waals surface area contributed by atoms with Crippen molar-refractivity contribution in [2.75, 3.05) is 7.05 Å². The maximum atomic E-state index is 12.3. The molecular weight excluding hydrogens is 294 g/mol. The molecule has 2 rings (SSSR count). The third kappa shape index (κ3) is 4.42. The number of amides is 2. The van der Waals surface area contributed by atoms with Gasteiger partial charge in [-0.25, -0.2) is 0 Å². The summed E-state index contributed by atoms with van der Waals surface area (Å²) in [4.78, 5) is 24.2. The van der Waals surface area contributed by atoms with Crippen molar-refractivity contribution in [1.29, 1.82) is 0 Å². The topological polar surface area (TPSA) is 84.2 Å². The van der Waals surface area contributed by atoms with Crippen LogP contribution in [-0.4, -0.2) is 30.1 Å². The van der Waals surface area contributed by atoms with Gasteiger partial charge in [-0.2, -0.15) is 0 Å². The van der Waals surface area contributed by atoms with Crippen molar-refractivity contribution < 1.29 is 14.1 Å². The highest BCUT2D eigenvalue weighted by atomic mass is 16.5. The molecule has 1 heterocycles. The van der Waals surface area contributed by atoms with E-state index in [1.165, 1.54) is 0 Å². The maximum Gasteiger partial charge on any atom is 0.274 e. The van der Waals surface area contributed by atoms with Crippen molar-refractivity contribution in [3.8, 4) is 11.3 Å². The average molecular weight is 315 g/mol. The molecule has 0 saturated heterocycles. The van der Waals surface area contributed by atoms with Crippen molar-refractivity contribution in [3.63, 3.8) is 0 Å². The van der Waals surface area contributed by atoms with Gasteiger partial charge in [0.05, 0.1) is 0 Å². The Labute approximate surface area is 135 Å². The lowest BCUT2D eigenvalue weighted by atomic mass is 10.0. The molecule has 23 heavy (non-hydrogen) atoms. The number of nitrogens with one attached hydrogen (secondary N) is 2. The molecule has 0 aliphatic rings. The summed E-state index contributed by atoms with van der Waals surface area (Å²) in [6.07, 6.45) is 0.550. The van der Waals surface area contributed by atoms with Crippen LogP contribution in [0.25, 0.3) is 11.3 Å². The summed E-state index contributed by atoms with van der Waals surface area (Å²) in [6, 6.07) is 10.4. The lowest BCUT2D eigenvalue weighted by Gasteiger charge is -2.18. The van der Waals surface area contributed by atoms with E-state index >= 15 is 0 Å². The standard InChI is InChI=1S/C17H21N3O3/c1-11(2)9-13(16(21)18-3)19-17(22)14-10-15(23-20-14)12-7-5-4-6-8-12/h4-8,10-11,13H,9H2,1-3H3,(H,18,21)(H,19,22)/t13-/m1/s1. The third-order valence-electron chi connectivity index (χ3n) is 3.38. The first-order valence-corrected chi connectivity index (χ1v) is 7.56. The van der Waals surface area contributed by atoms with E-state index in [-0.39, 0.29) is 17.5 Å². The van der Waals surface area contributed by atoms with Gasteiger partial charge >= 0.3 is 0 Å². The van der Waals surface area contributed by atoms with Crippen molar-refractivity contribution >= 4 is 11.8 Å². The van der Waals surface area contributed by atoms with Crippen LogP contribution < -0.4 is 10.6 Å². The summed E-state index contributed by atoms with van der Waals surface area (Å²) < 4.78 is 5.21. The van der Waals surface area contributed by atoms with E-state index in [4.69, 9.17) is 4.52 Å². The van der Waals surface area contributed by atoms with E-state index in [2.05, 4.69) is 15.8 Å². The SMILES string of the molecule is CNC(=O)[C@@H](CC(C)C)NC(=O)c1cc(-c2ccccc2)on1. The van der Waals surface area contributed by atoms with E-state index in [0.29, 0.717) is 12.2 Å². The van der Waals surface area contributed by atoms with Crippen LogP contribution in [0.1, 0.15) is 30.8 Å². The molecule has 6 nitrogen and oxygen atoms in total. The van der Waals surface area contributed by atoms with Gasteiger partial charge in [0.1, 0.15) is 6.04 Å². The zero-order valence-electron chi connectivity index (χ0n) is 13.5. The monoisotopic (exact) mass is 315 g/mol. The van der Waals surface area contributed by atoms with Crippen molar-refractivity contribution in [3.05, 3.63) is 42.1 Å². The molecule has 122 valence electrons. The van der Waals surface area contributed by atoms with Gasteiger partial charge in [-0.3, -0.25) is 9.59 Å². The van der Waals surface area contributed by atoms with Gasteiger partial charge in [0.25, 0.3) is 5.91 Å². The highest BCUT2D eigenvalue weighted by Crippen LogP contribution is 2.19. The summed E-state index contributed by atoms with van der Waals surface area (Å²) in [5.41, 5.74) is 0.991. The summed E-state index contributed by atoms with van der Waals surface area (Å²) in [6.45, 7) is 3.98. The number of nitrogens with zero attached hydrogens (tertiary/aromatic N) is 1. The van der Waals surface area contributed by atoms with Crippen LogP contribution in [0, 0.1) is 5.92 Å². The number of rotatable bonds is 6. The zero-order valence-corrected chi connectivity index (χ0v) is 13.5. The lowest BCUT2D eigenvalue weighted by molar-refractivity contribution is -0.122. The van der Waals surface area contributed by atoms with Crippen molar-refractivity contribution in [2.24, 2.45) is 5.92 Å². The largest absolute Gasteiger partial charge is 0.357 e. The van der Waals surface area contributed by atoms with Crippen LogP contribution >= 0.6 is 0 Å². The highest BCUT2D eigenvalue weighted by molar-refractivity contribution is 5.96. The molecule has 0 aliphatic heterocycles. The quantitative estimate of drug-likeness (QED) is 0.856. The first-order chi connectivity index (χ1) is 11.0. The van der Waals surface area contributed by atoms with Crippen LogP contribution in [-0.2, 0) is 4.79 Å². The fourth-order valence-corrected chi connectivity index (χ4v) is 2.23. The van der Waals surface area contributed by atoms with E-state index in [9.17, 15) is 9.59 Å². The number of carbonyl (C=O) groups is 2. The minimum absolute atomic E-state index is 0.154. The van der Waals surface area contributed by atoms with Gasteiger partial charge in [-0.15, -0.1) is 0 Å². The predicted octanol–water partition coefficient (Wildman–Crippen LogP) is 2.23. The first-order valence-electron chi connectivity index (χ1n) is 7.56. The van der Waals surface area contributed by atoms with E-state index in [1.54, 1.807) is 13.1 Å². The fraction of sp³-hybridized carbons (Fsp3) is 0.353. The second-order valence-corrected chi connectivity index (χ2v) is 5.71. The minimum Gasteiger partial charge on any atom is -0.357 e. The Balaban J connectivity index is 2.11. The number of hydrogen-bond acceptors (Lipinski definition) is 4. The molecule has 0 radical (unpaired) electrons. The second kappa shape index (κ2) is 7.58. The fourth-order valence-electron chi connectivity index (χ4n) is 2.23. The van der Waals surface area contributed by atoms with Gasteiger partial charge in [0.15, 0.2) is 11.5 Å². The van der Waals surface area contributed by atoms with Crippen LogP contribution in [0.5, 0.6) is 0 Å². The first kappa shape index (κ1) is 16.7. The Kier molecular flexibility index (Phi) is 5.51. The summed E-state index contributed by atoms with van der Waals surface area (Å²) in [5, 5.41) is 9.06. The smallest absolute Gasteiger partial charge is 0.274 e. The Hall–Kier alpha value is -2.63. The number of likely N-dealkylation sites (N-methyl/N-ethyl adjacent to an activating group) is 1. The molecular formula is C17H21N3O3. The van der Waals surface area contributed by atoms with Crippen molar-refractivity contribution in [2.45, 2.75) is 26.3 Å². The molecule has 0 saturated carbocycles. The predicted molar refractivity (Wildman–Crippen MR) is 86.7 cm³/mol. The summed E-state index contributed by atoms with van der Waals surface area (Å²) in [5.74, 6) is 0.134. The third-order valence-corrected chi connectivity index (χ3v) is 3.38. The molecule has 6 heteroatoms. The molecule has 1 atom stereocenters. The van der Waals surface area contributed by atoms with Crippen LogP contribution in [0.15, 0.2) is 40.9 Å². The molecule has 1 aromatic carbocycles. The van der Waals surface area contributed by atoms with E-state index < -0.39 is 11.9 Å². The molecule has 2 amide bonds. The Morgan fingerprint density at radius 1 is 1.22 bits per heavy atom. The molecule has 2 N–H and O–H groups in total. The Morgan fingerprint density at radius 3 is 2.52 bits per heavy atom. The number of carbonyl (C=O) groups excluding carboxylic acids is 2. The van der Waals surface area contributed by atoms with Gasteiger partial charge < -0.3 is 15.2 Å². The molecule has 0 aliphatic carbocycles. The number of benzene rings is 1. The Bertz CT molecular complexity index is 665. The average Bonchev–Trinajstić information content (AvgIpc) is 3.04. The Morgan fingerprint density at radius 2 is 1.91 bits per heavy atom. The van der Waals surface area contributed by atoms with E-state index in [0.717, 1.165) is 5.56 Å². The highest BCUT2D eigenvalue weighted by Gasteiger charge is 2.23. The van der Waals surface area contributed by atoms with Gasteiger partial charge in [0.2, 0.25) is 5.91 Å². The summed E-state index contributed by atoms with van der Waals surface area (Å²) >= 11 is 0.